The molecule has 0 unspecified atom stereocenters. The number of para-hydroxylation sites is 1. The number of H-pyrrole nitrogens is 3. The van der Waals surface area contributed by atoms with Gasteiger partial charge in [0.1, 0.15) is 5.56 Å². The molecule has 3 aromatic rings. The lowest BCUT2D eigenvalue weighted by molar-refractivity contribution is 0.392. The Balaban J connectivity index is 1.98. The standard InChI is InChI=1S/C17H18N4O3/c1-2-8-7-10-9-5-3-4-6-11(9)19-13(10)14(18-8)12-15(22)20-17(24)21-16(12)23/h3-6,8,14,18-19H,2,7H2,1H3,(H3,20,21,22,23,24)/t8-,14+/m0/s1. The van der Waals surface area contributed by atoms with Gasteiger partial charge in [-0.15, -0.1) is 0 Å². The first kappa shape index (κ1) is 14.8. The molecule has 3 heterocycles. The predicted molar refractivity (Wildman–Crippen MR) is 90.4 cm³/mol. The molecule has 1 aliphatic rings. The van der Waals surface area contributed by atoms with E-state index < -0.39 is 23.2 Å². The summed E-state index contributed by atoms with van der Waals surface area (Å²) >= 11 is 0. The van der Waals surface area contributed by atoms with Gasteiger partial charge < -0.3 is 15.4 Å². The van der Waals surface area contributed by atoms with Crippen LogP contribution in [0.4, 0.5) is 0 Å². The maximum absolute atomic E-state index is 12.3. The van der Waals surface area contributed by atoms with Crippen molar-refractivity contribution in [2.75, 3.05) is 0 Å². The van der Waals surface area contributed by atoms with Crippen LogP contribution < -0.4 is 16.6 Å². The lowest BCUT2D eigenvalue weighted by Gasteiger charge is -2.30. The van der Waals surface area contributed by atoms with Crippen LogP contribution in [-0.4, -0.2) is 26.1 Å². The summed E-state index contributed by atoms with van der Waals surface area (Å²) in [6.07, 6.45) is 1.73. The Morgan fingerprint density at radius 1 is 1.17 bits per heavy atom. The minimum Gasteiger partial charge on any atom is -0.494 e. The van der Waals surface area contributed by atoms with Gasteiger partial charge in [0, 0.05) is 22.6 Å². The van der Waals surface area contributed by atoms with E-state index in [2.05, 4.69) is 33.3 Å². The molecule has 124 valence electrons. The summed E-state index contributed by atoms with van der Waals surface area (Å²) in [5.74, 6) is -0.400. The normalized spacial score (nSPS) is 20.2. The van der Waals surface area contributed by atoms with E-state index in [1.54, 1.807) is 0 Å². The molecule has 1 aromatic carbocycles. The average molecular weight is 326 g/mol. The number of aromatic amines is 3. The Labute approximate surface area is 136 Å². The molecule has 0 saturated carbocycles. The van der Waals surface area contributed by atoms with Gasteiger partial charge in [0.2, 0.25) is 5.88 Å². The zero-order valence-electron chi connectivity index (χ0n) is 13.1. The van der Waals surface area contributed by atoms with Gasteiger partial charge >= 0.3 is 5.69 Å². The summed E-state index contributed by atoms with van der Waals surface area (Å²) in [4.78, 5) is 31.5. The first-order chi connectivity index (χ1) is 11.6. The number of fused-ring (bicyclic) bond motifs is 3. The third-order valence-corrected chi connectivity index (χ3v) is 4.73. The lowest BCUT2D eigenvalue weighted by Crippen LogP contribution is -2.42. The number of hydrogen-bond acceptors (Lipinski definition) is 4. The molecule has 0 fully saturated rings. The molecule has 2 aromatic heterocycles. The predicted octanol–water partition coefficient (Wildman–Crippen LogP) is 1.26. The van der Waals surface area contributed by atoms with E-state index in [4.69, 9.17) is 0 Å². The van der Waals surface area contributed by atoms with Crippen LogP contribution in [0, 0.1) is 0 Å². The van der Waals surface area contributed by atoms with Crippen molar-refractivity contribution in [2.24, 2.45) is 0 Å². The van der Waals surface area contributed by atoms with Crippen molar-refractivity contribution >= 4 is 10.9 Å². The van der Waals surface area contributed by atoms with Gasteiger partial charge in [-0.3, -0.25) is 14.8 Å². The Morgan fingerprint density at radius 2 is 1.96 bits per heavy atom. The summed E-state index contributed by atoms with van der Waals surface area (Å²) < 4.78 is 0. The summed E-state index contributed by atoms with van der Waals surface area (Å²) in [5, 5.41) is 14.7. The molecular weight excluding hydrogens is 308 g/mol. The van der Waals surface area contributed by atoms with Crippen LogP contribution in [0.2, 0.25) is 0 Å². The molecule has 7 nitrogen and oxygen atoms in total. The molecule has 0 saturated heterocycles. The summed E-state index contributed by atoms with van der Waals surface area (Å²) in [5.41, 5.74) is 1.81. The molecule has 0 spiro atoms. The first-order valence-electron chi connectivity index (χ1n) is 7.99. The quantitative estimate of drug-likeness (QED) is 0.488. The van der Waals surface area contributed by atoms with Gasteiger partial charge in [-0.05, 0) is 24.5 Å². The van der Waals surface area contributed by atoms with Gasteiger partial charge in [-0.25, -0.2) is 4.79 Å². The Bertz CT molecular complexity index is 1030. The van der Waals surface area contributed by atoms with Gasteiger partial charge in [0.25, 0.3) is 5.56 Å². The fourth-order valence-electron chi connectivity index (χ4n) is 3.55. The van der Waals surface area contributed by atoms with E-state index in [1.165, 1.54) is 0 Å². The highest BCUT2D eigenvalue weighted by Gasteiger charge is 2.33. The summed E-state index contributed by atoms with van der Waals surface area (Å²) in [6, 6.07) is 7.64. The smallest absolute Gasteiger partial charge is 0.328 e. The Kier molecular flexibility index (Phi) is 3.31. The Morgan fingerprint density at radius 3 is 2.71 bits per heavy atom. The average Bonchev–Trinajstić information content (AvgIpc) is 2.92. The van der Waals surface area contributed by atoms with Crippen LogP contribution in [0.1, 0.15) is 36.2 Å². The van der Waals surface area contributed by atoms with E-state index in [0.717, 1.165) is 35.0 Å². The molecule has 24 heavy (non-hydrogen) atoms. The molecule has 2 atom stereocenters. The maximum atomic E-state index is 12.3. The van der Waals surface area contributed by atoms with E-state index in [-0.39, 0.29) is 11.6 Å². The molecule has 5 N–H and O–H groups in total. The highest BCUT2D eigenvalue weighted by atomic mass is 16.3. The van der Waals surface area contributed by atoms with Crippen LogP contribution in [0.25, 0.3) is 10.9 Å². The van der Waals surface area contributed by atoms with Crippen LogP contribution in [0.5, 0.6) is 5.88 Å². The first-order valence-corrected chi connectivity index (χ1v) is 7.99. The highest BCUT2D eigenvalue weighted by Crippen LogP contribution is 2.36. The van der Waals surface area contributed by atoms with E-state index >= 15 is 0 Å². The highest BCUT2D eigenvalue weighted by molar-refractivity contribution is 5.85. The van der Waals surface area contributed by atoms with E-state index in [0.29, 0.717) is 0 Å². The molecule has 4 rings (SSSR count). The molecule has 7 heteroatoms. The van der Waals surface area contributed by atoms with E-state index in [1.807, 2.05) is 18.2 Å². The van der Waals surface area contributed by atoms with Crippen molar-refractivity contribution in [1.82, 2.24) is 20.3 Å². The number of rotatable bonds is 2. The van der Waals surface area contributed by atoms with E-state index in [9.17, 15) is 14.7 Å². The number of aromatic nitrogens is 3. The van der Waals surface area contributed by atoms with Crippen LogP contribution >= 0.6 is 0 Å². The maximum Gasteiger partial charge on any atom is 0.328 e. The van der Waals surface area contributed by atoms with Crippen LogP contribution in [0.15, 0.2) is 33.9 Å². The SMILES string of the molecule is CC[C@H]1Cc2c([nH]c3ccccc23)[C@@H](c2c(O)[nH]c(=O)[nH]c2=O)N1. The molecule has 0 amide bonds. The van der Waals surface area contributed by atoms with Gasteiger partial charge in [0.15, 0.2) is 0 Å². The minimum absolute atomic E-state index is 0.126. The van der Waals surface area contributed by atoms with Crippen LogP contribution in [-0.2, 0) is 6.42 Å². The second kappa shape index (κ2) is 5.38. The number of hydrogen-bond donors (Lipinski definition) is 5. The second-order valence-corrected chi connectivity index (χ2v) is 6.14. The van der Waals surface area contributed by atoms with Crippen molar-refractivity contribution in [3.8, 4) is 5.88 Å². The van der Waals surface area contributed by atoms with Crippen molar-refractivity contribution in [2.45, 2.75) is 31.8 Å². The fourth-order valence-corrected chi connectivity index (χ4v) is 3.55. The zero-order chi connectivity index (χ0) is 16.8. The second-order valence-electron chi connectivity index (χ2n) is 6.14. The largest absolute Gasteiger partial charge is 0.494 e. The Hall–Kier alpha value is -2.80. The van der Waals surface area contributed by atoms with Crippen LogP contribution in [0.3, 0.4) is 0 Å². The lowest BCUT2D eigenvalue weighted by atomic mass is 9.90. The van der Waals surface area contributed by atoms with Gasteiger partial charge in [0.05, 0.1) is 6.04 Å². The van der Waals surface area contributed by atoms with Crippen molar-refractivity contribution in [3.05, 3.63) is 61.9 Å². The molecule has 0 aliphatic carbocycles. The number of benzene rings is 1. The number of aromatic hydroxyl groups is 1. The minimum atomic E-state index is -0.721. The fraction of sp³-hybridized carbons (Fsp3) is 0.294. The molecule has 0 bridgehead atoms. The third kappa shape index (κ3) is 2.16. The zero-order valence-corrected chi connectivity index (χ0v) is 13.1. The third-order valence-electron chi connectivity index (χ3n) is 4.73. The van der Waals surface area contributed by atoms with Gasteiger partial charge in [-0.1, -0.05) is 25.1 Å². The number of nitrogens with one attached hydrogen (secondary N) is 4. The van der Waals surface area contributed by atoms with Crippen molar-refractivity contribution < 1.29 is 5.11 Å². The summed E-state index contributed by atoms with van der Waals surface area (Å²) in [6.45, 7) is 2.07. The summed E-state index contributed by atoms with van der Waals surface area (Å²) in [7, 11) is 0. The monoisotopic (exact) mass is 326 g/mol. The molecular formula is C17H18N4O3. The van der Waals surface area contributed by atoms with Crippen molar-refractivity contribution in [1.29, 1.82) is 0 Å². The van der Waals surface area contributed by atoms with Gasteiger partial charge in [-0.2, -0.15) is 0 Å². The molecule has 1 aliphatic heterocycles. The topological polar surface area (TPSA) is 114 Å². The molecule has 0 radical (unpaired) electrons. The van der Waals surface area contributed by atoms with Crippen molar-refractivity contribution in [3.63, 3.8) is 0 Å².